The largest absolute Gasteiger partial charge is 0.359 e. The molecule has 4 rings (SSSR count). The fourth-order valence-electron chi connectivity index (χ4n) is 3.15. The minimum absolute atomic E-state index is 0.204. The zero-order valence-electron chi connectivity index (χ0n) is 14.2. The van der Waals surface area contributed by atoms with Gasteiger partial charge >= 0.3 is 6.03 Å². The number of hydrogen-bond donors (Lipinski definition) is 3. The number of benzene rings is 2. The van der Waals surface area contributed by atoms with Crippen LogP contribution in [-0.2, 0) is 6.54 Å². The van der Waals surface area contributed by atoms with Crippen molar-refractivity contribution in [2.24, 2.45) is 0 Å². The predicted octanol–water partition coefficient (Wildman–Crippen LogP) is 4.92. The lowest BCUT2D eigenvalue weighted by molar-refractivity contribution is -0.133. The lowest BCUT2D eigenvalue weighted by Gasteiger charge is -2.38. The summed E-state index contributed by atoms with van der Waals surface area (Å²) < 4.78 is 25.7. The molecule has 3 N–H and O–H groups in total. The van der Waals surface area contributed by atoms with Crippen molar-refractivity contribution in [3.63, 3.8) is 0 Å². The van der Waals surface area contributed by atoms with Gasteiger partial charge in [-0.1, -0.05) is 23.7 Å². The van der Waals surface area contributed by atoms with E-state index in [1.54, 1.807) is 35.4 Å². The van der Waals surface area contributed by atoms with Crippen molar-refractivity contribution >= 4 is 39.9 Å². The van der Waals surface area contributed by atoms with Crippen molar-refractivity contribution in [1.82, 2.24) is 9.88 Å². The Morgan fingerprint density at radius 2 is 1.89 bits per heavy atom. The molecule has 3 aromatic rings. The maximum Gasteiger partial charge on any atom is 0.323 e. The summed E-state index contributed by atoms with van der Waals surface area (Å²) in [6, 6.07) is 12.1. The van der Waals surface area contributed by atoms with Crippen LogP contribution in [0.4, 0.5) is 25.0 Å². The third-order valence-corrected chi connectivity index (χ3v) is 4.65. The van der Waals surface area contributed by atoms with Crippen molar-refractivity contribution in [2.45, 2.75) is 12.5 Å². The number of aromatic nitrogens is 1. The van der Waals surface area contributed by atoms with E-state index in [1.165, 1.54) is 0 Å². The van der Waals surface area contributed by atoms with E-state index in [1.807, 2.05) is 18.2 Å². The number of nitrogens with zero attached hydrogens (tertiary/aromatic N) is 1. The molecule has 0 spiro atoms. The Morgan fingerprint density at radius 1 is 1.15 bits per heavy atom. The van der Waals surface area contributed by atoms with E-state index < -0.39 is 5.92 Å². The van der Waals surface area contributed by atoms with Gasteiger partial charge in [0.15, 0.2) is 0 Å². The molecule has 8 heteroatoms. The van der Waals surface area contributed by atoms with Gasteiger partial charge in [-0.25, -0.2) is 13.6 Å². The van der Waals surface area contributed by atoms with Crippen LogP contribution in [0.15, 0.2) is 48.7 Å². The average molecular weight is 391 g/mol. The first-order chi connectivity index (χ1) is 12.9. The van der Waals surface area contributed by atoms with E-state index in [9.17, 15) is 13.6 Å². The summed E-state index contributed by atoms with van der Waals surface area (Å²) in [5.74, 6) is -2.56. The minimum Gasteiger partial charge on any atom is -0.359 e. The second-order valence-electron chi connectivity index (χ2n) is 6.67. The highest BCUT2D eigenvalue weighted by Gasteiger charge is 2.43. The van der Waals surface area contributed by atoms with Crippen LogP contribution in [0, 0.1) is 0 Å². The molecule has 0 bridgehead atoms. The highest BCUT2D eigenvalue weighted by molar-refractivity contribution is 6.31. The van der Waals surface area contributed by atoms with Crippen molar-refractivity contribution in [3.05, 3.63) is 59.2 Å². The molecule has 0 aliphatic carbocycles. The third-order valence-electron chi connectivity index (χ3n) is 4.42. The van der Waals surface area contributed by atoms with E-state index in [-0.39, 0.29) is 19.1 Å². The zero-order valence-corrected chi connectivity index (χ0v) is 15.0. The number of halogens is 3. The van der Waals surface area contributed by atoms with Gasteiger partial charge in [-0.05, 0) is 35.9 Å². The fraction of sp³-hybridized carbons (Fsp3) is 0.211. The van der Waals surface area contributed by atoms with E-state index >= 15 is 0 Å². The van der Waals surface area contributed by atoms with Crippen LogP contribution >= 0.6 is 11.6 Å². The molecule has 0 radical (unpaired) electrons. The SMILES string of the molecule is O=C(Nc1ccc(CN2CC(F)(F)C2)cc1)Nc1c[nH]c2ccc(Cl)cc12. The second kappa shape index (κ2) is 6.83. The van der Waals surface area contributed by atoms with Crippen molar-refractivity contribution in [3.8, 4) is 0 Å². The highest BCUT2D eigenvalue weighted by atomic mass is 35.5. The molecule has 1 aliphatic heterocycles. The number of nitrogens with one attached hydrogen (secondary N) is 3. The zero-order chi connectivity index (χ0) is 19.0. The number of rotatable bonds is 4. The Labute approximate surface area is 159 Å². The summed E-state index contributed by atoms with van der Waals surface area (Å²) in [5.41, 5.74) is 3.03. The maximum absolute atomic E-state index is 12.9. The number of anilines is 2. The first kappa shape index (κ1) is 17.8. The molecule has 0 atom stereocenters. The number of urea groups is 1. The molecule has 27 heavy (non-hydrogen) atoms. The molecule has 5 nitrogen and oxygen atoms in total. The van der Waals surface area contributed by atoms with Gasteiger partial charge in [-0.15, -0.1) is 0 Å². The van der Waals surface area contributed by atoms with Gasteiger partial charge in [-0.3, -0.25) is 4.90 Å². The summed E-state index contributed by atoms with van der Waals surface area (Å²) in [7, 11) is 0. The van der Waals surface area contributed by atoms with Crippen molar-refractivity contribution in [2.75, 3.05) is 23.7 Å². The molecule has 1 aliphatic rings. The lowest BCUT2D eigenvalue weighted by Crippen LogP contribution is -2.55. The topological polar surface area (TPSA) is 60.2 Å². The summed E-state index contributed by atoms with van der Waals surface area (Å²) in [4.78, 5) is 17.0. The van der Waals surface area contributed by atoms with E-state index in [2.05, 4.69) is 15.6 Å². The number of alkyl halides is 2. The van der Waals surface area contributed by atoms with E-state index in [0.717, 1.165) is 16.5 Å². The van der Waals surface area contributed by atoms with Crippen molar-refractivity contribution < 1.29 is 13.6 Å². The Hall–Kier alpha value is -2.64. The summed E-state index contributed by atoms with van der Waals surface area (Å²) in [6.07, 6.45) is 1.70. The summed E-state index contributed by atoms with van der Waals surface area (Å²) in [6.45, 7) is 0.0618. The van der Waals surface area contributed by atoms with Crippen LogP contribution in [0.2, 0.25) is 5.02 Å². The van der Waals surface area contributed by atoms with E-state index in [4.69, 9.17) is 11.6 Å². The van der Waals surface area contributed by atoms with Crippen LogP contribution in [0.5, 0.6) is 0 Å². The van der Waals surface area contributed by atoms with Crippen LogP contribution in [0.3, 0.4) is 0 Å². The molecule has 2 aromatic carbocycles. The fourth-order valence-corrected chi connectivity index (χ4v) is 3.32. The minimum atomic E-state index is -2.56. The van der Waals surface area contributed by atoms with E-state index in [0.29, 0.717) is 22.9 Å². The van der Waals surface area contributed by atoms with Crippen LogP contribution in [-0.4, -0.2) is 34.9 Å². The van der Waals surface area contributed by atoms with Gasteiger partial charge in [0, 0.05) is 34.4 Å². The molecule has 1 aromatic heterocycles. The molecule has 0 unspecified atom stereocenters. The number of aromatic amines is 1. The van der Waals surface area contributed by atoms with Gasteiger partial charge in [0.25, 0.3) is 5.92 Å². The van der Waals surface area contributed by atoms with Crippen LogP contribution < -0.4 is 10.6 Å². The van der Waals surface area contributed by atoms with Gasteiger partial charge < -0.3 is 15.6 Å². The number of carbonyl (C=O) groups is 1. The van der Waals surface area contributed by atoms with Gasteiger partial charge in [-0.2, -0.15) is 0 Å². The van der Waals surface area contributed by atoms with Gasteiger partial charge in [0.2, 0.25) is 0 Å². The third kappa shape index (κ3) is 4.04. The molecular formula is C19H17ClF2N4O. The predicted molar refractivity (Wildman–Crippen MR) is 103 cm³/mol. The smallest absolute Gasteiger partial charge is 0.323 e. The highest BCUT2D eigenvalue weighted by Crippen LogP contribution is 2.28. The van der Waals surface area contributed by atoms with Gasteiger partial charge in [0.1, 0.15) is 0 Å². The summed E-state index contributed by atoms with van der Waals surface area (Å²) >= 11 is 6.01. The molecule has 2 amide bonds. The second-order valence-corrected chi connectivity index (χ2v) is 7.11. The first-order valence-corrected chi connectivity index (χ1v) is 8.80. The molecule has 2 heterocycles. The summed E-state index contributed by atoms with van der Waals surface area (Å²) in [5, 5.41) is 6.94. The molecular weight excluding hydrogens is 374 g/mol. The molecule has 1 saturated heterocycles. The number of carbonyl (C=O) groups excluding carboxylic acids is 1. The normalized spacial score (nSPS) is 16.1. The van der Waals surface area contributed by atoms with Crippen molar-refractivity contribution in [1.29, 1.82) is 0 Å². The number of H-pyrrole nitrogens is 1. The number of hydrogen-bond acceptors (Lipinski definition) is 2. The maximum atomic E-state index is 12.9. The lowest BCUT2D eigenvalue weighted by atomic mass is 10.1. The quantitative estimate of drug-likeness (QED) is 0.592. The number of likely N-dealkylation sites (tertiary alicyclic amines) is 1. The Bertz CT molecular complexity index is 979. The average Bonchev–Trinajstić information content (AvgIpc) is 2.97. The first-order valence-electron chi connectivity index (χ1n) is 8.42. The van der Waals surface area contributed by atoms with Crippen LogP contribution in [0.1, 0.15) is 5.56 Å². The Kier molecular flexibility index (Phi) is 4.49. The number of fused-ring (bicyclic) bond motifs is 1. The Morgan fingerprint density at radius 3 is 2.59 bits per heavy atom. The van der Waals surface area contributed by atoms with Gasteiger partial charge in [0.05, 0.1) is 18.8 Å². The number of amides is 2. The van der Waals surface area contributed by atoms with Crippen LogP contribution in [0.25, 0.3) is 10.9 Å². The standard InChI is InChI=1S/C19H17ClF2N4O/c20-13-3-6-16-15(7-13)17(8-23-16)25-18(27)24-14-4-1-12(2-5-14)9-26-10-19(21,22)11-26/h1-8,23H,9-11H2,(H2,24,25,27). The molecule has 1 fully saturated rings. The molecule has 140 valence electrons. The monoisotopic (exact) mass is 390 g/mol. The Balaban J connectivity index is 1.36. The molecule has 0 saturated carbocycles.